The van der Waals surface area contributed by atoms with Crippen molar-refractivity contribution in [3.63, 3.8) is 0 Å². The molecule has 0 radical (unpaired) electrons. The fraction of sp³-hybridized carbons (Fsp3) is 0.591. The van der Waals surface area contributed by atoms with Crippen LogP contribution in [0.2, 0.25) is 0 Å². The summed E-state index contributed by atoms with van der Waals surface area (Å²) >= 11 is 0. The van der Waals surface area contributed by atoms with Gasteiger partial charge in [0.15, 0.2) is 0 Å². The van der Waals surface area contributed by atoms with Crippen LogP contribution in [0.15, 0.2) is 42.5 Å². The summed E-state index contributed by atoms with van der Waals surface area (Å²) in [5, 5.41) is 8.62. The summed E-state index contributed by atoms with van der Waals surface area (Å²) in [7, 11) is 0. The van der Waals surface area contributed by atoms with Crippen LogP contribution in [0.5, 0.6) is 0 Å². The molecule has 1 aromatic rings. The van der Waals surface area contributed by atoms with E-state index in [4.69, 9.17) is 14.6 Å². The average molecular weight is 360 g/mol. The lowest BCUT2D eigenvalue weighted by Crippen LogP contribution is -2.12. The molecule has 0 unspecified atom stereocenters. The van der Waals surface area contributed by atoms with Crippen LogP contribution in [-0.2, 0) is 20.9 Å². The molecule has 1 aliphatic heterocycles. The first-order valence-electron chi connectivity index (χ1n) is 9.82. The van der Waals surface area contributed by atoms with Gasteiger partial charge in [0, 0.05) is 19.6 Å². The van der Waals surface area contributed by atoms with Crippen LogP contribution in [-0.4, -0.2) is 30.9 Å². The van der Waals surface area contributed by atoms with E-state index >= 15 is 0 Å². The number of allylic oxidation sites excluding steroid dienone is 2. The average Bonchev–Trinajstić information content (AvgIpc) is 3.09. The molecule has 4 nitrogen and oxygen atoms in total. The highest BCUT2D eigenvalue weighted by molar-refractivity contribution is 5.66. The Labute approximate surface area is 157 Å². The quantitative estimate of drug-likeness (QED) is 0.404. The molecular weight excluding hydrogens is 328 g/mol. The van der Waals surface area contributed by atoms with Gasteiger partial charge in [0.05, 0.1) is 13.2 Å². The number of aliphatic carboxylic acids is 1. The fourth-order valence-corrected chi connectivity index (χ4v) is 3.36. The van der Waals surface area contributed by atoms with E-state index in [-0.39, 0.29) is 6.42 Å². The summed E-state index contributed by atoms with van der Waals surface area (Å²) in [5.74, 6) is 0.541. The molecule has 1 aliphatic rings. The molecule has 1 fully saturated rings. The van der Waals surface area contributed by atoms with E-state index in [0.29, 0.717) is 18.4 Å². The number of carbonyl (C=O) groups is 1. The molecule has 2 rings (SSSR count). The molecule has 0 amide bonds. The van der Waals surface area contributed by atoms with Gasteiger partial charge in [-0.05, 0) is 49.5 Å². The van der Waals surface area contributed by atoms with Crippen LogP contribution in [0.3, 0.4) is 0 Å². The minimum absolute atomic E-state index is 0.256. The van der Waals surface area contributed by atoms with Crippen LogP contribution in [0.4, 0.5) is 0 Å². The predicted molar refractivity (Wildman–Crippen MR) is 103 cm³/mol. The lowest BCUT2D eigenvalue weighted by molar-refractivity contribution is -0.137. The van der Waals surface area contributed by atoms with Gasteiger partial charge in [0.2, 0.25) is 0 Å². The Morgan fingerprint density at radius 2 is 1.92 bits per heavy atom. The number of rotatable bonds is 13. The van der Waals surface area contributed by atoms with Crippen molar-refractivity contribution in [1.29, 1.82) is 0 Å². The number of benzene rings is 1. The van der Waals surface area contributed by atoms with Crippen molar-refractivity contribution < 1.29 is 19.4 Å². The number of unbranched alkanes of at least 4 members (excludes halogenated alkanes) is 2. The Balaban J connectivity index is 1.51. The largest absolute Gasteiger partial charge is 0.481 e. The van der Waals surface area contributed by atoms with Gasteiger partial charge in [-0.1, -0.05) is 48.9 Å². The second kappa shape index (κ2) is 12.7. The minimum Gasteiger partial charge on any atom is -0.481 e. The van der Waals surface area contributed by atoms with Gasteiger partial charge >= 0.3 is 5.97 Å². The lowest BCUT2D eigenvalue weighted by atomic mass is 9.88. The minimum atomic E-state index is -0.713. The number of hydrogen-bond acceptors (Lipinski definition) is 3. The summed E-state index contributed by atoms with van der Waals surface area (Å²) in [6, 6.07) is 10.3. The Hall–Kier alpha value is -1.65. The summed E-state index contributed by atoms with van der Waals surface area (Å²) in [5.41, 5.74) is 1.23. The summed E-state index contributed by atoms with van der Waals surface area (Å²) in [6.45, 7) is 3.25. The van der Waals surface area contributed by atoms with Crippen molar-refractivity contribution in [2.45, 2.75) is 51.6 Å². The SMILES string of the molecule is O=C(O)CCCC=CC[C@H]1COC[C@H]1CCCCOCc1ccccc1. The summed E-state index contributed by atoms with van der Waals surface area (Å²) in [6.07, 6.45) is 10.7. The second-order valence-corrected chi connectivity index (χ2v) is 7.08. The highest BCUT2D eigenvalue weighted by atomic mass is 16.5. The van der Waals surface area contributed by atoms with Gasteiger partial charge in [-0.3, -0.25) is 4.79 Å². The Kier molecular flexibility index (Phi) is 10.1. The molecular formula is C22H32O4. The maximum atomic E-state index is 10.5. The van der Waals surface area contributed by atoms with E-state index in [1.165, 1.54) is 18.4 Å². The molecule has 0 bridgehead atoms. The maximum absolute atomic E-state index is 10.5. The van der Waals surface area contributed by atoms with E-state index in [1.54, 1.807) is 0 Å². The van der Waals surface area contributed by atoms with Crippen LogP contribution >= 0.6 is 0 Å². The molecule has 1 saturated heterocycles. The van der Waals surface area contributed by atoms with E-state index in [1.807, 2.05) is 18.2 Å². The second-order valence-electron chi connectivity index (χ2n) is 7.08. The predicted octanol–water partition coefficient (Wildman–Crippen LogP) is 4.84. The number of ether oxygens (including phenoxy) is 2. The number of carboxylic acid groups (broad SMARTS) is 1. The molecule has 0 aromatic heterocycles. The van der Waals surface area contributed by atoms with Gasteiger partial charge in [0.1, 0.15) is 0 Å². The third kappa shape index (κ3) is 8.63. The highest BCUT2D eigenvalue weighted by Gasteiger charge is 2.26. The summed E-state index contributed by atoms with van der Waals surface area (Å²) in [4.78, 5) is 10.5. The van der Waals surface area contributed by atoms with Gasteiger partial charge in [-0.25, -0.2) is 0 Å². The molecule has 0 saturated carbocycles. The monoisotopic (exact) mass is 360 g/mol. The van der Waals surface area contributed by atoms with Gasteiger partial charge in [0.25, 0.3) is 0 Å². The molecule has 0 aliphatic carbocycles. The normalized spacial score (nSPS) is 20.0. The van der Waals surface area contributed by atoms with Gasteiger partial charge < -0.3 is 14.6 Å². The smallest absolute Gasteiger partial charge is 0.303 e. The van der Waals surface area contributed by atoms with Crippen molar-refractivity contribution in [2.24, 2.45) is 11.8 Å². The first-order chi connectivity index (χ1) is 12.8. The summed E-state index contributed by atoms with van der Waals surface area (Å²) < 4.78 is 11.4. The third-order valence-electron chi connectivity index (χ3n) is 4.92. The van der Waals surface area contributed by atoms with E-state index < -0.39 is 5.97 Å². The topological polar surface area (TPSA) is 55.8 Å². The van der Waals surface area contributed by atoms with Crippen molar-refractivity contribution in [3.8, 4) is 0 Å². The van der Waals surface area contributed by atoms with E-state index in [2.05, 4.69) is 24.3 Å². The van der Waals surface area contributed by atoms with Crippen LogP contribution in [0.25, 0.3) is 0 Å². The van der Waals surface area contributed by atoms with Gasteiger partial charge in [-0.15, -0.1) is 0 Å². The Morgan fingerprint density at radius 1 is 1.12 bits per heavy atom. The maximum Gasteiger partial charge on any atom is 0.303 e. The van der Waals surface area contributed by atoms with Crippen molar-refractivity contribution in [3.05, 3.63) is 48.0 Å². The van der Waals surface area contributed by atoms with Crippen LogP contribution in [0.1, 0.15) is 50.5 Å². The first-order valence-corrected chi connectivity index (χ1v) is 9.82. The molecule has 4 heteroatoms. The van der Waals surface area contributed by atoms with Gasteiger partial charge in [-0.2, -0.15) is 0 Å². The van der Waals surface area contributed by atoms with Crippen molar-refractivity contribution in [1.82, 2.24) is 0 Å². The first kappa shape index (κ1) is 20.7. The zero-order valence-electron chi connectivity index (χ0n) is 15.6. The molecule has 0 spiro atoms. The molecule has 26 heavy (non-hydrogen) atoms. The van der Waals surface area contributed by atoms with Crippen LogP contribution < -0.4 is 0 Å². The van der Waals surface area contributed by atoms with E-state index in [0.717, 1.165) is 45.5 Å². The molecule has 1 N–H and O–H groups in total. The van der Waals surface area contributed by atoms with Crippen molar-refractivity contribution >= 4 is 5.97 Å². The highest BCUT2D eigenvalue weighted by Crippen LogP contribution is 2.28. The van der Waals surface area contributed by atoms with Crippen LogP contribution in [0, 0.1) is 11.8 Å². The molecule has 144 valence electrons. The zero-order chi connectivity index (χ0) is 18.5. The standard InChI is InChI=1S/C22H32O4/c23-22(24)14-7-2-1-6-12-20-17-26-18-21(20)13-8-9-15-25-16-19-10-4-3-5-11-19/h1,3-6,10-11,20-21H,2,7-9,12-18H2,(H,23,24)/t20-,21+/m0/s1. The Morgan fingerprint density at radius 3 is 2.73 bits per heavy atom. The third-order valence-corrected chi connectivity index (χ3v) is 4.92. The van der Waals surface area contributed by atoms with Crippen molar-refractivity contribution in [2.75, 3.05) is 19.8 Å². The zero-order valence-corrected chi connectivity index (χ0v) is 15.6. The lowest BCUT2D eigenvalue weighted by Gasteiger charge is -2.15. The number of carboxylic acids is 1. The van der Waals surface area contributed by atoms with E-state index in [9.17, 15) is 4.79 Å². The Bertz CT molecular complexity index is 526. The molecule has 1 aromatic carbocycles. The molecule has 1 heterocycles. The number of hydrogen-bond donors (Lipinski definition) is 1. The fourth-order valence-electron chi connectivity index (χ4n) is 3.36. The molecule has 2 atom stereocenters.